The van der Waals surface area contributed by atoms with Crippen molar-refractivity contribution in [2.45, 2.75) is 96.2 Å². The molecule has 0 aromatic heterocycles. The van der Waals surface area contributed by atoms with Crippen LogP contribution in [0.25, 0.3) is 0 Å². The molecule has 2 atom stereocenters. The maximum absolute atomic E-state index is 13.9. The smallest absolute Gasteiger partial charge is 0.246 e. The van der Waals surface area contributed by atoms with Crippen LogP contribution in [0, 0.1) is 5.92 Å². The van der Waals surface area contributed by atoms with Gasteiger partial charge < -0.3 is 15.0 Å². The van der Waals surface area contributed by atoms with Crippen molar-refractivity contribution in [1.29, 1.82) is 0 Å². The van der Waals surface area contributed by atoms with Crippen LogP contribution in [0.4, 0.5) is 0 Å². The molecule has 174 valence electrons. The number of hydrogen-bond acceptors (Lipinski definition) is 4. The number of carbonyl (C=O) groups is 3. The summed E-state index contributed by atoms with van der Waals surface area (Å²) in [6, 6.07) is 5.00. The number of Topliss-reactive ketones (excluding diaryl/α,β-unsaturated/α-hetero) is 1. The molecule has 1 aliphatic carbocycles. The van der Waals surface area contributed by atoms with Gasteiger partial charge in [0.15, 0.2) is 5.78 Å². The van der Waals surface area contributed by atoms with Crippen LogP contribution in [-0.2, 0) is 27.3 Å². The first-order valence-corrected chi connectivity index (χ1v) is 12.4. The van der Waals surface area contributed by atoms with Gasteiger partial charge in [0.05, 0.1) is 12.6 Å². The maximum Gasteiger partial charge on any atom is 0.246 e. The quantitative estimate of drug-likeness (QED) is 0.756. The molecule has 0 radical (unpaired) electrons. The van der Waals surface area contributed by atoms with Gasteiger partial charge in [0.2, 0.25) is 11.8 Å². The standard InChI is InChI=1S/C26H36N2O4/c1-18(29)23-16-20-12-13-22-15-21(20)17-28(23)26(31)25(19-9-5-4-6-10-19)27-24(30)11-7-2-3-8-14-32-22/h12-13,15,19,23,25H,2-11,14,16-17H2,1H3,(H,27,30)/t23-,25-/m0/s1. The van der Waals surface area contributed by atoms with E-state index in [2.05, 4.69) is 5.32 Å². The predicted octanol–water partition coefficient (Wildman–Crippen LogP) is 3.94. The normalized spacial score (nSPS) is 25.8. The molecular weight excluding hydrogens is 404 g/mol. The molecule has 0 unspecified atom stereocenters. The van der Waals surface area contributed by atoms with Gasteiger partial charge in [-0.3, -0.25) is 14.4 Å². The third kappa shape index (κ3) is 5.33. The van der Waals surface area contributed by atoms with Crippen LogP contribution >= 0.6 is 0 Å². The number of ketones is 1. The number of benzene rings is 1. The van der Waals surface area contributed by atoms with Gasteiger partial charge in [-0.15, -0.1) is 0 Å². The molecule has 3 aliphatic rings. The van der Waals surface area contributed by atoms with Gasteiger partial charge in [-0.1, -0.05) is 38.2 Å². The Hall–Kier alpha value is -2.37. The van der Waals surface area contributed by atoms with Crippen molar-refractivity contribution in [3.63, 3.8) is 0 Å². The number of amides is 2. The molecule has 1 saturated carbocycles. The number of ether oxygens (including phenoxy) is 1. The van der Waals surface area contributed by atoms with Gasteiger partial charge in [0.1, 0.15) is 11.8 Å². The van der Waals surface area contributed by atoms with E-state index in [1.807, 2.05) is 18.2 Å². The third-order valence-electron chi connectivity index (χ3n) is 7.33. The summed E-state index contributed by atoms with van der Waals surface area (Å²) in [4.78, 5) is 40.9. The number of nitrogens with one attached hydrogen (secondary N) is 1. The Labute approximate surface area is 191 Å². The van der Waals surface area contributed by atoms with E-state index >= 15 is 0 Å². The van der Waals surface area contributed by atoms with Crippen molar-refractivity contribution < 1.29 is 19.1 Å². The highest BCUT2D eigenvalue weighted by atomic mass is 16.5. The number of rotatable bonds is 2. The Morgan fingerprint density at radius 3 is 2.53 bits per heavy atom. The van der Waals surface area contributed by atoms with Crippen LogP contribution < -0.4 is 10.1 Å². The molecule has 0 spiro atoms. The Morgan fingerprint density at radius 1 is 1.00 bits per heavy atom. The summed E-state index contributed by atoms with van der Waals surface area (Å²) in [5, 5.41) is 3.10. The fourth-order valence-corrected chi connectivity index (χ4v) is 5.45. The second-order valence-electron chi connectivity index (χ2n) is 9.68. The molecule has 6 heteroatoms. The Balaban J connectivity index is 1.66. The van der Waals surface area contributed by atoms with Gasteiger partial charge in [0.25, 0.3) is 0 Å². The predicted molar refractivity (Wildman–Crippen MR) is 122 cm³/mol. The molecule has 1 N–H and O–H groups in total. The monoisotopic (exact) mass is 440 g/mol. The molecule has 1 aromatic carbocycles. The minimum atomic E-state index is -0.543. The van der Waals surface area contributed by atoms with E-state index in [-0.39, 0.29) is 23.5 Å². The number of fused-ring (bicyclic) bond motifs is 2. The lowest BCUT2D eigenvalue weighted by Crippen LogP contribution is -2.57. The molecule has 4 rings (SSSR count). The minimum Gasteiger partial charge on any atom is -0.494 e. The maximum atomic E-state index is 13.9. The molecular formula is C26H36N2O4. The van der Waals surface area contributed by atoms with E-state index in [4.69, 9.17) is 4.74 Å². The third-order valence-corrected chi connectivity index (χ3v) is 7.33. The van der Waals surface area contributed by atoms with Crippen LogP contribution in [0.1, 0.15) is 82.3 Å². The molecule has 1 fully saturated rings. The lowest BCUT2D eigenvalue weighted by atomic mass is 9.82. The summed E-state index contributed by atoms with van der Waals surface area (Å²) in [6.07, 6.45) is 9.98. The summed E-state index contributed by atoms with van der Waals surface area (Å²) in [5.41, 5.74) is 2.13. The zero-order valence-corrected chi connectivity index (χ0v) is 19.2. The zero-order valence-electron chi connectivity index (χ0n) is 19.2. The van der Waals surface area contributed by atoms with Crippen molar-refractivity contribution in [3.8, 4) is 5.75 Å². The van der Waals surface area contributed by atoms with E-state index in [1.54, 1.807) is 11.8 Å². The minimum absolute atomic E-state index is 0.00699. The molecule has 3 bridgehead atoms. The average molecular weight is 441 g/mol. The first-order valence-electron chi connectivity index (χ1n) is 12.4. The highest BCUT2D eigenvalue weighted by Gasteiger charge is 2.39. The van der Waals surface area contributed by atoms with E-state index in [1.165, 1.54) is 6.42 Å². The van der Waals surface area contributed by atoms with Crippen molar-refractivity contribution in [2.75, 3.05) is 6.61 Å². The van der Waals surface area contributed by atoms with Gasteiger partial charge in [-0.05, 0) is 61.8 Å². The molecule has 1 aromatic rings. The highest BCUT2D eigenvalue weighted by Crippen LogP contribution is 2.32. The second-order valence-corrected chi connectivity index (χ2v) is 9.68. The molecule has 2 heterocycles. The number of carbonyl (C=O) groups excluding carboxylic acids is 3. The Kier molecular flexibility index (Phi) is 7.48. The topological polar surface area (TPSA) is 75.7 Å². The van der Waals surface area contributed by atoms with E-state index in [0.29, 0.717) is 26.0 Å². The van der Waals surface area contributed by atoms with Crippen LogP contribution in [0.3, 0.4) is 0 Å². The van der Waals surface area contributed by atoms with E-state index in [0.717, 1.165) is 68.2 Å². The summed E-state index contributed by atoms with van der Waals surface area (Å²) in [6.45, 7) is 2.59. The molecule has 2 aliphatic heterocycles. The molecule has 0 saturated heterocycles. The van der Waals surface area contributed by atoms with Crippen molar-refractivity contribution in [1.82, 2.24) is 10.2 Å². The number of nitrogens with zero attached hydrogens (tertiary/aromatic N) is 1. The SMILES string of the molecule is CC(=O)[C@@H]1Cc2ccc3cc2CN1C(=O)[C@H](C1CCCCC1)NC(=O)CCCCCCO3. The first kappa shape index (κ1) is 22.8. The summed E-state index contributed by atoms with van der Waals surface area (Å²) >= 11 is 0. The average Bonchev–Trinajstić information content (AvgIpc) is 2.80. The largest absolute Gasteiger partial charge is 0.494 e. The zero-order chi connectivity index (χ0) is 22.5. The molecule has 32 heavy (non-hydrogen) atoms. The first-order chi connectivity index (χ1) is 15.5. The fourth-order valence-electron chi connectivity index (χ4n) is 5.45. The van der Waals surface area contributed by atoms with Crippen molar-refractivity contribution in [2.24, 2.45) is 5.92 Å². The van der Waals surface area contributed by atoms with E-state index in [9.17, 15) is 14.4 Å². The summed E-state index contributed by atoms with van der Waals surface area (Å²) in [7, 11) is 0. The summed E-state index contributed by atoms with van der Waals surface area (Å²) in [5.74, 6) is 0.808. The fraction of sp³-hybridized carbons (Fsp3) is 0.654. The lowest BCUT2D eigenvalue weighted by Gasteiger charge is -2.40. The Morgan fingerprint density at radius 2 is 1.75 bits per heavy atom. The second kappa shape index (κ2) is 10.5. The Bertz CT molecular complexity index is 846. The van der Waals surface area contributed by atoms with Gasteiger partial charge in [-0.2, -0.15) is 0 Å². The van der Waals surface area contributed by atoms with Crippen molar-refractivity contribution in [3.05, 3.63) is 29.3 Å². The van der Waals surface area contributed by atoms with Gasteiger partial charge in [0, 0.05) is 19.4 Å². The van der Waals surface area contributed by atoms with Gasteiger partial charge in [-0.25, -0.2) is 0 Å². The lowest BCUT2D eigenvalue weighted by molar-refractivity contribution is -0.145. The highest BCUT2D eigenvalue weighted by molar-refractivity contribution is 5.93. The van der Waals surface area contributed by atoms with Crippen LogP contribution in [0.2, 0.25) is 0 Å². The number of hydrogen-bond donors (Lipinski definition) is 1. The molecule has 6 nitrogen and oxygen atoms in total. The van der Waals surface area contributed by atoms with Crippen LogP contribution in [0.5, 0.6) is 5.75 Å². The molecule has 2 amide bonds. The van der Waals surface area contributed by atoms with Crippen LogP contribution in [-0.4, -0.2) is 41.2 Å². The van der Waals surface area contributed by atoms with E-state index < -0.39 is 12.1 Å². The van der Waals surface area contributed by atoms with Gasteiger partial charge >= 0.3 is 0 Å². The van der Waals surface area contributed by atoms with Crippen molar-refractivity contribution >= 4 is 17.6 Å². The summed E-state index contributed by atoms with van der Waals surface area (Å²) < 4.78 is 5.95. The van der Waals surface area contributed by atoms with Crippen LogP contribution in [0.15, 0.2) is 18.2 Å².